The van der Waals surface area contributed by atoms with Crippen molar-refractivity contribution in [3.8, 4) is 0 Å². The van der Waals surface area contributed by atoms with Gasteiger partial charge in [0, 0.05) is 31.9 Å². The number of carbonyl (C=O) groups excluding carboxylic acids is 2. The minimum absolute atomic E-state index is 0.00162. The van der Waals surface area contributed by atoms with Gasteiger partial charge in [0.25, 0.3) is 0 Å². The van der Waals surface area contributed by atoms with E-state index in [1.807, 2.05) is 12.3 Å². The number of piperidine rings is 1. The second-order valence-corrected chi connectivity index (χ2v) is 4.87. The van der Waals surface area contributed by atoms with Crippen LogP contribution in [0.5, 0.6) is 0 Å². The fourth-order valence-electron chi connectivity index (χ4n) is 2.50. The largest absolute Gasteiger partial charge is 0.464 e. The van der Waals surface area contributed by atoms with Gasteiger partial charge in [0.05, 0.1) is 6.61 Å². The maximum Gasteiger partial charge on any atom is 0.328 e. The molecule has 2 heterocycles. The summed E-state index contributed by atoms with van der Waals surface area (Å²) in [7, 11) is 0. The number of hydrogen-bond acceptors (Lipinski definition) is 4. The fraction of sp³-hybridized carbons (Fsp3) is 0.643. The molecule has 1 aromatic heterocycles. The monoisotopic (exact) mass is 279 g/mol. The third kappa shape index (κ3) is 3.59. The molecule has 1 saturated heterocycles. The lowest BCUT2D eigenvalue weighted by atomic mass is 10.0. The molecule has 6 nitrogen and oxygen atoms in total. The van der Waals surface area contributed by atoms with Crippen LogP contribution in [-0.4, -0.2) is 45.8 Å². The molecule has 110 valence electrons. The SMILES string of the molecule is CCOC(=O)C1CCCCN1C(=O)CCn1cccn1. The van der Waals surface area contributed by atoms with E-state index in [4.69, 9.17) is 4.74 Å². The van der Waals surface area contributed by atoms with E-state index in [0.29, 0.717) is 32.5 Å². The van der Waals surface area contributed by atoms with Crippen molar-refractivity contribution >= 4 is 11.9 Å². The van der Waals surface area contributed by atoms with Crippen molar-refractivity contribution in [1.29, 1.82) is 0 Å². The quantitative estimate of drug-likeness (QED) is 0.760. The summed E-state index contributed by atoms with van der Waals surface area (Å²) >= 11 is 0. The lowest BCUT2D eigenvalue weighted by molar-refractivity contribution is -0.156. The van der Waals surface area contributed by atoms with Gasteiger partial charge in [0.1, 0.15) is 6.04 Å². The molecule has 1 aromatic rings. The Bertz CT molecular complexity index is 445. The number of carbonyl (C=O) groups is 2. The molecular weight excluding hydrogens is 258 g/mol. The Morgan fingerprint density at radius 3 is 2.95 bits per heavy atom. The molecule has 1 atom stereocenters. The van der Waals surface area contributed by atoms with E-state index in [0.717, 1.165) is 12.8 Å². The van der Waals surface area contributed by atoms with Crippen molar-refractivity contribution in [2.24, 2.45) is 0 Å². The minimum atomic E-state index is -0.408. The van der Waals surface area contributed by atoms with Crippen LogP contribution >= 0.6 is 0 Å². The van der Waals surface area contributed by atoms with Gasteiger partial charge in [0.2, 0.25) is 5.91 Å². The summed E-state index contributed by atoms with van der Waals surface area (Å²) in [5.41, 5.74) is 0. The number of likely N-dealkylation sites (tertiary alicyclic amines) is 1. The number of amides is 1. The van der Waals surface area contributed by atoms with Gasteiger partial charge in [-0.05, 0) is 32.3 Å². The predicted molar refractivity (Wildman–Crippen MR) is 72.8 cm³/mol. The van der Waals surface area contributed by atoms with Crippen molar-refractivity contribution in [1.82, 2.24) is 14.7 Å². The van der Waals surface area contributed by atoms with Crippen LogP contribution < -0.4 is 0 Å². The van der Waals surface area contributed by atoms with Crippen molar-refractivity contribution in [3.05, 3.63) is 18.5 Å². The van der Waals surface area contributed by atoms with Crippen LogP contribution in [0.1, 0.15) is 32.6 Å². The standard InChI is InChI=1S/C14H21N3O3/c1-2-20-14(19)12-6-3-4-10-17(12)13(18)7-11-16-9-5-8-15-16/h5,8-9,12H,2-4,6-7,10-11H2,1H3. The Morgan fingerprint density at radius 2 is 2.25 bits per heavy atom. The molecule has 6 heteroatoms. The maximum absolute atomic E-state index is 12.3. The normalized spacial score (nSPS) is 18.9. The molecule has 0 aliphatic carbocycles. The highest BCUT2D eigenvalue weighted by molar-refractivity contribution is 5.84. The lowest BCUT2D eigenvalue weighted by Crippen LogP contribution is -2.48. The molecule has 1 fully saturated rings. The molecule has 0 aromatic carbocycles. The molecule has 0 spiro atoms. The Kier molecular flexibility index (Phi) is 5.15. The summed E-state index contributed by atoms with van der Waals surface area (Å²) in [6, 6.07) is 1.42. The zero-order valence-electron chi connectivity index (χ0n) is 11.8. The topological polar surface area (TPSA) is 64.4 Å². The highest BCUT2D eigenvalue weighted by Gasteiger charge is 2.32. The van der Waals surface area contributed by atoms with Gasteiger partial charge in [-0.25, -0.2) is 4.79 Å². The maximum atomic E-state index is 12.3. The predicted octanol–water partition coefficient (Wildman–Crippen LogP) is 1.22. The molecule has 0 N–H and O–H groups in total. The van der Waals surface area contributed by atoms with Gasteiger partial charge >= 0.3 is 5.97 Å². The highest BCUT2D eigenvalue weighted by Crippen LogP contribution is 2.19. The zero-order valence-corrected chi connectivity index (χ0v) is 11.8. The van der Waals surface area contributed by atoms with E-state index in [2.05, 4.69) is 5.10 Å². The summed E-state index contributed by atoms with van der Waals surface area (Å²) in [6.07, 6.45) is 6.48. The molecule has 20 heavy (non-hydrogen) atoms. The number of hydrogen-bond donors (Lipinski definition) is 0. The smallest absolute Gasteiger partial charge is 0.328 e. The van der Waals surface area contributed by atoms with Crippen LogP contribution in [0.15, 0.2) is 18.5 Å². The van der Waals surface area contributed by atoms with Gasteiger partial charge in [0.15, 0.2) is 0 Å². The van der Waals surface area contributed by atoms with Gasteiger partial charge in [-0.3, -0.25) is 9.48 Å². The Hall–Kier alpha value is -1.85. The average Bonchev–Trinajstić information content (AvgIpc) is 2.98. The van der Waals surface area contributed by atoms with E-state index in [9.17, 15) is 9.59 Å². The van der Waals surface area contributed by atoms with Crippen LogP contribution in [0, 0.1) is 0 Å². The van der Waals surface area contributed by atoms with Gasteiger partial charge in [-0.2, -0.15) is 5.10 Å². The Balaban J connectivity index is 1.92. The van der Waals surface area contributed by atoms with Crippen molar-refractivity contribution in [3.63, 3.8) is 0 Å². The molecule has 1 aliphatic rings. The van der Waals surface area contributed by atoms with E-state index < -0.39 is 6.04 Å². The average molecular weight is 279 g/mol. The summed E-state index contributed by atoms with van der Waals surface area (Å²) in [5.74, 6) is -0.280. The zero-order chi connectivity index (χ0) is 14.4. The van der Waals surface area contributed by atoms with Crippen LogP contribution in [0.3, 0.4) is 0 Å². The first kappa shape index (κ1) is 14.6. The van der Waals surface area contributed by atoms with Crippen LogP contribution in [-0.2, 0) is 20.9 Å². The first-order chi connectivity index (χ1) is 9.72. The molecule has 1 amide bonds. The van der Waals surface area contributed by atoms with E-state index in [1.54, 1.807) is 22.7 Å². The number of esters is 1. The molecule has 2 rings (SSSR count). The summed E-state index contributed by atoms with van der Waals surface area (Å²) in [5, 5.41) is 4.07. The van der Waals surface area contributed by atoms with E-state index >= 15 is 0 Å². The summed E-state index contributed by atoms with van der Waals surface area (Å²) in [4.78, 5) is 25.9. The van der Waals surface area contributed by atoms with Gasteiger partial charge in [-0.1, -0.05) is 0 Å². The number of aromatic nitrogens is 2. The highest BCUT2D eigenvalue weighted by atomic mass is 16.5. The first-order valence-electron chi connectivity index (χ1n) is 7.16. The molecule has 0 radical (unpaired) electrons. The van der Waals surface area contributed by atoms with Gasteiger partial charge in [-0.15, -0.1) is 0 Å². The number of ether oxygens (including phenoxy) is 1. The molecule has 1 aliphatic heterocycles. The molecule has 0 saturated carbocycles. The second-order valence-electron chi connectivity index (χ2n) is 4.87. The van der Waals surface area contributed by atoms with E-state index in [-0.39, 0.29) is 11.9 Å². The van der Waals surface area contributed by atoms with Crippen LogP contribution in [0.4, 0.5) is 0 Å². The number of rotatable bonds is 5. The number of nitrogens with zero attached hydrogens (tertiary/aromatic N) is 3. The third-order valence-electron chi connectivity index (χ3n) is 3.50. The van der Waals surface area contributed by atoms with Crippen molar-refractivity contribution in [2.75, 3.05) is 13.2 Å². The summed E-state index contributed by atoms with van der Waals surface area (Å²) in [6.45, 7) is 3.31. The Morgan fingerprint density at radius 1 is 1.40 bits per heavy atom. The molecule has 1 unspecified atom stereocenters. The van der Waals surface area contributed by atoms with E-state index in [1.165, 1.54) is 0 Å². The minimum Gasteiger partial charge on any atom is -0.464 e. The van der Waals surface area contributed by atoms with Crippen molar-refractivity contribution < 1.29 is 14.3 Å². The Labute approximate surface area is 118 Å². The van der Waals surface area contributed by atoms with Crippen molar-refractivity contribution in [2.45, 2.75) is 45.2 Å². The van der Waals surface area contributed by atoms with Crippen LogP contribution in [0.25, 0.3) is 0 Å². The summed E-state index contributed by atoms with van der Waals surface area (Å²) < 4.78 is 6.79. The fourth-order valence-corrected chi connectivity index (χ4v) is 2.50. The lowest BCUT2D eigenvalue weighted by Gasteiger charge is -2.34. The first-order valence-corrected chi connectivity index (χ1v) is 7.16. The number of aryl methyl sites for hydroxylation is 1. The van der Waals surface area contributed by atoms with Crippen LogP contribution in [0.2, 0.25) is 0 Å². The third-order valence-corrected chi connectivity index (χ3v) is 3.50. The second kappa shape index (κ2) is 7.07. The van der Waals surface area contributed by atoms with Gasteiger partial charge < -0.3 is 9.64 Å². The molecule has 0 bridgehead atoms. The molecular formula is C14H21N3O3.